The summed E-state index contributed by atoms with van der Waals surface area (Å²) in [5.41, 5.74) is 7.58. The van der Waals surface area contributed by atoms with Crippen molar-refractivity contribution in [1.82, 2.24) is 0 Å². The molecule has 0 spiro atoms. The highest BCUT2D eigenvalue weighted by Crippen LogP contribution is 2.28. The highest BCUT2D eigenvalue weighted by Gasteiger charge is 2.30. The van der Waals surface area contributed by atoms with Gasteiger partial charge in [-0.1, -0.05) is 15.9 Å². The molecule has 0 heterocycles. The van der Waals surface area contributed by atoms with Crippen molar-refractivity contribution in [2.75, 3.05) is 11.1 Å². The monoisotopic (exact) mass is 346 g/mol. The van der Waals surface area contributed by atoms with E-state index >= 15 is 0 Å². The van der Waals surface area contributed by atoms with E-state index in [0.717, 1.165) is 4.47 Å². The van der Waals surface area contributed by atoms with E-state index in [1.807, 2.05) is 0 Å². The van der Waals surface area contributed by atoms with Crippen LogP contribution in [0, 0.1) is 0 Å². The molecule has 20 heavy (non-hydrogen) atoms. The first-order valence-electron chi connectivity index (χ1n) is 5.51. The zero-order valence-corrected chi connectivity index (χ0v) is 11.6. The lowest BCUT2D eigenvalue weighted by atomic mass is 10.2. The molecule has 3 nitrogen and oxygen atoms in total. The van der Waals surface area contributed by atoms with Gasteiger partial charge in [0.1, 0.15) is 5.75 Å². The molecular weight excluding hydrogens is 337 g/mol. The fraction of sp³-hybridized carbons (Fsp3) is 0.0769. The number of hydrogen-bond donors (Lipinski definition) is 2. The lowest BCUT2D eigenvalue weighted by Crippen LogP contribution is -2.16. The summed E-state index contributed by atoms with van der Waals surface area (Å²) in [7, 11) is 0. The Morgan fingerprint density at radius 3 is 2.30 bits per heavy atom. The predicted molar refractivity (Wildman–Crippen MR) is 75.0 cm³/mol. The van der Waals surface area contributed by atoms with Gasteiger partial charge in [-0.3, -0.25) is 0 Å². The quantitative estimate of drug-likeness (QED) is 0.793. The van der Waals surface area contributed by atoms with E-state index in [0.29, 0.717) is 17.1 Å². The van der Waals surface area contributed by atoms with Gasteiger partial charge in [-0.2, -0.15) is 0 Å². The van der Waals surface area contributed by atoms with Crippen molar-refractivity contribution >= 4 is 33.0 Å². The molecule has 0 unspecified atom stereocenters. The molecule has 0 aliphatic rings. The third kappa shape index (κ3) is 4.06. The van der Waals surface area contributed by atoms with Crippen LogP contribution in [0.4, 0.5) is 30.2 Å². The molecule has 3 N–H and O–H groups in total. The van der Waals surface area contributed by atoms with Crippen molar-refractivity contribution in [3.63, 3.8) is 0 Å². The van der Waals surface area contributed by atoms with E-state index in [1.165, 1.54) is 24.3 Å². The van der Waals surface area contributed by atoms with Crippen LogP contribution in [0.5, 0.6) is 5.75 Å². The van der Waals surface area contributed by atoms with Crippen molar-refractivity contribution in [3.8, 4) is 5.75 Å². The van der Waals surface area contributed by atoms with Gasteiger partial charge >= 0.3 is 6.36 Å². The van der Waals surface area contributed by atoms with Crippen LogP contribution < -0.4 is 15.8 Å². The smallest absolute Gasteiger partial charge is 0.406 e. The van der Waals surface area contributed by atoms with Gasteiger partial charge in [0.05, 0.1) is 11.4 Å². The van der Waals surface area contributed by atoms with Crippen molar-refractivity contribution < 1.29 is 17.9 Å². The molecule has 0 aliphatic heterocycles. The first kappa shape index (κ1) is 14.5. The van der Waals surface area contributed by atoms with Gasteiger partial charge in [0, 0.05) is 10.2 Å². The van der Waals surface area contributed by atoms with E-state index in [4.69, 9.17) is 5.73 Å². The van der Waals surface area contributed by atoms with E-state index in [9.17, 15) is 13.2 Å². The molecular formula is C13H10BrF3N2O. The summed E-state index contributed by atoms with van der Waals surface area (Å²) >= 11 is 3.31. The van der Waals surface area contributed by atoms with Crippen molar-refractivity contribution in [1.29, 1.82) is 0 Å². The number of rotatable bonds is 3. The Kier molecular flexibility index (Phi) is 4.08. The molecule has 2 aromatic carbocycles. The van der Waals surface area contributed by atoms with E-state index < -0.39 is 6.36 Å². The fourth-order valence-electron chi connectivity index (χ4n) is 1.53. The molecule has 0 aliphatic carbocycles. The summed E-state index contributed by atoms with van der Waals surface area (Å²) in [5.74, 6) is -0.273. The molecule has 0 bridgehead atoms. The Labute approximate surface area is 121 Å². The van der Waals surface area contributed by atoms with Gasteiger partial charge in [-0.15, -0.1) is 13.2 Å². The Hall–Kier alpha value is -1.89. The lowest BCUT2D eigenvalue weighted by Gasteiger charge is -2.12. The van der Waals surface area contributed by atoms with Crippen LogP contribution >= 0.6 is 15.9 Å². The maximum Gasteiger partial charge on any atom is 0.573 e. The minimum atomic E-state index is -4.69. The molecule has 0 fully saturated rings. The summed E-state index contributed by atoms with van der Waals surface area (Å²) in [6, 6.07) is 10.7. The Morgan fingerprint density at radius 1 is 1.05 bits per heavy atom. The molecule has 2 aromatic rings. The highest BCUT2D eigenvalue weighted by molar-refractivity contribution is 9.10. The van der Waals surface area contributed by atoms with Gasteiger partial charge in [-0.25, -0.2) is 0 Å². The highest BCUT2D eigenvalue weighted by atomic mass is 79.9. The molecule has 7 heteroatoms. The van der Waals surface area contributed by atoms with Crippen LogP contribution in [0.1, 0.15) is 0 Å². The molecule has 2 rings (SSSR count). The second-order valence-electron chi connectivity index (χ2n) is 3.93. The number of hydrogen-bond acceptors (Lipinski definition) is 3. The number of nitrogens with two attached hydrogens (primary N) is 1. The minimum Gasteiger partial charge on any atom is -0.406 e. The van der Waals surface area contributed by atoms with Crippen molar-refractivity contribution in [2.45, 2.75) is 6.36 Å². The summed E-state index contributed by atoms with van der Waals surface area (Å²) in [6.45, 7) is 0. The molecule has 0 saturated heterocycles. The van der Waals surface area contributed by atoms with Crippen LogP contribution in [-0.2, 0) is 0 Å². The fourth-order valence-corrected chi connectivity index (χ4v) is 1.89. The van der Waals surface area contributed by atoms with Crippen molar-refractivity contribution in [3.05, 3.63) is 46.9 Å². The minimum absolute atomic E-state index is 0.273. The summed E-state index contributed by atoms with van der Waals surface area (Å²) in [4.78, 5) is 0. The maximum absolute atomic E-state index is 12.0. The zero-order valence-electron chi connectivity index (χ0n) is 10.0. The van der Waals surface area contributed by atoms with E-state index in [2.05, 4.69) is 26.0 Å². The largest absolute Gasteiger partial charge is 0.573 e. The first-order valence-corrected chi connectivity index (χ1v) is 6.31. The molecule has 0 aromatic heterocycles. The van der Waals surface area contributed by atoms with Gasteiger partial charge < -0.3 is 15.8 Å². The van der Waals surface area contributed by atoms with E-state index in [1.54, 1.807) is 18.2 Å². The van der Waals surface area contributed by atoms with E-state index in [-0.39, 0.29) is 5.75 Å². The Bertz CT molecular complexity index is 600. The lowest BCUT2D eigenvalue weighted by molar-refractivity contribution is -0.274. The number of benzene rings is 2. The Morgan fingerprint density at radius 2 is 1.70 bits per heavy atom. The molecule has 106 valence electrons. The summed E-state index contributed by atoms with van der Waals surface area (Å²) < 4.78 is 40.7. The Balaban J connectivity index is 2.13. The van der Waals surface area contributed by atoms with Gasteiger partial charge in [0.2, 0.25) is 0 Å². The van der Waals surface area contributed by atoms with Gasteiger partial charge in [-0.05, 0) is 42.5 Å². The predicted octanol–water partition coefficient (Wildman–Crippen LogP) is 4.67. The third-order valence-electron chi connectivity index (χ3n) is 2.38. The second kappa shape index (κ2) is 5.62. The van der Waals surface area contributed by atoms with Crippen LogP contribution in [0.2, 0.25) is 0 Å². The van der Waals surface area contributed by atoms with Crippen molar-refractivity contribution in [2.24, 2.45) is 0 Å². The molecule has 0 amide bonds. The van der Waals surface area contributed by atoms with Crippen LogP contribution in [0.25, 0.3) is 0 Å². The summed E-state index contributed by atoms with van der Waals surface area (Å²) in [6.07, 6.45) is -4.69. The average molecular weight is 347 g/mol. The third-order valence-corrected chi connectivity index (χ3v) is 2.88. The number of anilines is 3. The van der Waals surface area contributed by atoms with Crippen LogP contribution in [-0.4, -0.2) is 6.36 Å². The number of ether oxygens (including phenoxy) is 1. The number of halogens is 4. The molecule has 0 saturated carbocycles. The maximum atomic E-state index is 12.0. The first-order chi connectivity index (χ1) is 9.33. The topological polar surface area (TPSA) is 47.3 Å². The van der Waals surface area contributed by atoms with Gasteiger partial charge in [0.15, 0.2) is 0 Å². The number of alkyl halides is 3. The summed E-state index contributed by atoms with van der Waals surface area (Å²) in [5, 5.41) is 3.01. The van der Waals surface area contributed by atoms with Gasteiger partial charge in [0.25, 0.3) is 0 Å². The molecule has 0 atom stereocenters. The normalized spacial score (nSPS) is 11.2. The molecule has 0 radical (unpaired) electrons. The zero-order chi connectivity index (χ0) is 14.8. The standard InChI is InChI=1S/C13H10BrF3N2O/c14-8-1-6-11(18)12(7-8)19-9-2-4-10(5-3-9)20-13(15,16)17/h1-7,19H,18H2. The van der Waals surface area contributed by atoms with Crippen LogP contribution in [0.15, 0.2) is 46.9 Å². The number of nitrogen functional groups attached to an aromatic ring is 1. The second-order valence-corrected chi connectivity index (χ2v) is 4.84. The average Bonchev–Trinajstić information content (AvgIpc) is 2.34. The van der Waals surface area contributed by atoms with Crippen LogP contribution in [0.3, 0.4) is 0 Å². The number of nitrogens with one attached hydrogen (secondary N) is 1. The SMILES string of the molecule is Nc1ccc(Br)cc1Nc1ccc(OC(F)(F)F)cc1.